The quantitative estimate of drug-likeness (QED) is 0.683. The average Bonchev–Trinajstić information content (AvgIpc) is 2.36. The minimum Gasteiger partial charge on any atom is -0.467 e. The molecule has 5 heteroatoms. The van der Waals surface area contributed by atoms with Crippen molar-refractivity contribution in [3.05, 3.63) is 39.9 Å². The lowest BCUT2D eigenvalue weighted by molar-refractivity contribution is -0.144. The van der Waals surface area contributed by atoms with Gasteiger partial charge in [0.15, 0.2) is 0 Å². The molecule has 1 aromatic rings. The van der Waals surface area contributed by atoms with E-state index in [-0.39, 0.29) is 5.91 Å². The topological polar surface area (TPSA) is 55.4 Å². The number of halogens is 1. The van der Waals surface area contributed by atoms with Crippen molar-refractivity contribution in [2.75, 3.05) is 7.11 Å². The van der Waals surface area contributed by atoms with Crippen LogP contribution in [0.1, 0.15) is 18.1 Å². The van der Waals surface area contributed by atoms with E-state index >= 15 is 0 Å². The minimum atomic E-state index is -0.663. The van der Waals surface area contributed by atoms with Crippen LogP contribution < -0.4 is 5.32 Å². The average molecular weight is 326 g/mol. The number of nitrogens with one attached hydrogen (secondary N) is 1. The van der Waals surface area contributed by atoms with Crippen molar-refractivity contribution >= 4 is 33.9 Å². The standard InChI is InChI=1S/C14H16BrNO3/c1-9-4-5-11(12(15)8-9)6-7-13(17)16-10(2)14(18)19-3/h4-8,10H,1-3H3,(H,16,17)/b7-6+/t10-/m0/s1. The van der Waals surface area contributed by atoms with Crippen molar-refractivity contribution in [3.63, 3.8) is 0 Å². The van der Waals surface area contributed by atoms with Crippen LogP contribution in [0.4, 0.5) is 0 Å². The van der Waals surface area contributed by atoms with Gasteiger partial charge in [0.2, 0.25) is 5.91 Å². The van der Waals surface area contributed by atoms with Crippen molar-refractivity contribution in [1.29, 1.82) is 0 Å². The molecular formula is C14H16BrNO3. The summed E-state index contributed by atoms with van der Waals surface area (Å²) in [5.41, 5.74) is 2.03. The van der Waals surface area contributed by atoms with Gasteiger partial charge in [0, 0.05) is 10.5 Å². The number of carbonyl (C=O) groups excluding carboxylic acids is 2. The van der Waals surface area contributed by atoms with Crippen molar-refractivity contribution in [2.24, 2.45) is 0 Å². The van der Waals surface area contributed by atoms with Gasteiger partial charge in [-0.05, 0) is 37.1 Å². The maximum Gasteiger partial charge on any atom is 0.328 e. The number of rotatable bonds is 4. The lowest BCUT2D eigenvalue weighted by atomic mass is 10.1. The lowest BCUT2D eigenvalue weighted by Crippen LogP contribution is -2.38. The van der Waals surface area contributed by atoms with Gasteiger partial charge in [-0.2, -0.15) is 0 Å². The Morgan fingerprint density at radius 2 is 2.11 bits per heavy atom. The third-order valence-electron chi connectivity index (χ3n) is 2.48. The Balaban J connectivity index is 2.66. The molecular weight excluding hydrogens is 310 g/mol. The molecule has 1 amide bonds. The zero-order valence-electron chi connectivity index (χ0n) is 11.1. The number of esters is 1. The summed E-state index contributed by atoms with van der Waals surface area (Å²) < 4.78 is 5.44. The summed E-state index contributed by atoms with van der Waals surface area (Å²) in [5, 5.41) is 2.52. The molecule has 4 nitrogen and oxygen atoms in total. The van der Waals surface area contributed by atoms with E-state index in [0.717, 1.165) is 15.6 Å². The monoisotopic (exact) mass is 325 g/mol. The first-order valence-corrected chi connectivity index (χ1v) is 6.56. The molecule has 0 saturated carbocycles. The number of methoxy groups -OCH3 is 1. The molecule has 19 heavy (non-hydrogen) atoms. The molecule has 0 aliphatic carbocycles. The Morgan fingerprint density at radius 1 is 1.42 bits per heavy atom. The summed E-state index contributed by atoms with van der Waals surface area (Å²) >= 11 is 3.43. The van der Waals surface area contributed by atoms with E-state index in [1.165, 1.54) is 13.2 Å². The maximum absolute atomic E-state index is 11.6. The van der Waals surface area contributed by atoms with Gasteiger partial charge in [0.1, 0.15) is 6.04 Å². The van der Waals surface area contributed by atoms with Gasteiger partial charge >= 0.3 is 5.97 Å². The smallest absolute Gasteiger partial charge is 0.328 e. The highest BCUT2D eigenvalue weighted by molar-refractivity contribution is 9.10. The van der Waals surface area contributed by atoms with Crippen LogP contribution in [0.2, 0.25) is 0 Å². The third kappa shape index (κ3) is 4.87. The Bertz CT molecular complexity index is 511. The number of hydrogen-bond acceptors (Lipinski definition) is 3. The zero-order chi connectivity index (χ0) is 14.4. The minimum absolute atomic E-state index is 0.342. The van der Waals surface area contributed by atoms with E-state index in [1.54, 1.807) is 13.0 Å². The van der Waals surface area contributed by atoms with Crippen LogP contribution >= 0.6 is 15.9 Å². The summed E-state index contributed by atoms with van der Waals surface area (Å²) in [6, 6.07) is 5.17. The normalized spacial score (nSPS) is 12.2. The molecule has 0 heterocycles. The summed E-state index contributed by atoms with van der Waals surface area (Å²) in [4.78, 5) is 22.7. The molecule has 0 aliphatic heterocycles. The van der Waals surface area contributed by atoms with Gasteiger partial charge in [-0.3, -0.25) is 4.79 Å². The second-order valence-corrected chi connectivity index (χ2v) is 4.97. The first kappa shape index (κ1) is 15.4. The molecule has 102 valence electrons. The van der Waals surface area contributed by atoms with Gasteiger partial charge in [-0.25, -0.2) is 4.79 Å². The molecule has 0 radical (unpaired) electrons. The van der Waals surface area contributed by atoms with E-state index < -0.39 is 12.0 Å². The summed E-state index contributed by atoms with van der Waals surface area (Å²) in [6.07, 6.45) is 3.07. The zero-order valence-corrected chi connectivity index (χ0v) is 12.7. The van der Waals surface area contributed by atoms with Crippen LogP contribution in [-0.4, -0.2) is 25.0 Å². The summed E-state index contributed by atoms with van der Waals surface area (Å²) in [6.45, 7) is 3.56. The third-order valence-corrected chi connectivity index (χ3v) is 3.17. The largest absolute Gasteiger partial charge is 0.467 e. The van der Waals surface area contributed by atoms with E-state index in [1.807, 2.05) is 25.1 Å². The Labute approximate surface area is 121 Å². The summed E-state index contributed by atoms with van der Waals surface area (Å²) in [7, 11) is 1.28. The molecule has 0 spiro atoms. The van der Waals surface area contributed by atoms with Crippen molar-refractivity contribution in [3.8, 4) is 0 Å². The van der Waals surface area contributed by atoms with Crippen molar-refractivity contribution < 1.29 is 14.3 Å². The molecule has 1 aromatic carbocycles. The van der Waals surface area contributed by atoms with Gasteiger partial charge < -0.3 is 10.1 Å². The van der Waals surface area contributed by atoms with Crippen molar-refractivity contribution in [2.45, 2.75) is 19.9 Å². The molecule has 0 unspecified atom stereocenters. The van der Waals surface area contributed by atoms with Crippen LogP contribution in [-0.2, 0) is 14.3 Å². The molecule has 1 N–H and O–H groups in total. The maximum atomic E-state index is 11.6. The fourth-order valence-electron chi connectivity index (χ4n) is 1.43. The molecule has 1 atom stereocenters. The van der Waals surface area contributed by atoms with Crippen LogP contribution in [0.15, 0.2) is 28.7 Å². The first-order valence-electron chi connectivity index (χ1n) is 5.76. The highest BCUT2D eigenvalue weighted by Crippen LogP contribution is 2.19. The van der Waals surface area contributed by atoms with Crippen LogP contribution in [0.3, 0.4) is 0 Å². The van der Waals surface area contributed by atoms with Crippen LogP contribution in [0.25, 0.3) is 6.08 Å². The SMILES string of the molecule is COC(=O)[C@H](C)NC(=O)/C=C/c1ccc(C)cc1Br. The second kappa shape index (κ2) is 7.09. The van der Waals surface area contributed by atoms with Crippen LogP contribution in [0, 0.1) is 6.92 Å². The van der Waals surface area contributed by atoms with Gasteiger partial charge in [-0.1, -0.05) is 28.1 Å². The molecule has 0 saturated heterocycles. The highest BCUT2D eigenvalue weighted by atomic mass is 79.9. The van der Waals surface area contributed by atoms with Gasteiger partial charge in [0.25, 0.3) is 0 Å². The van der Waals surface area contributed by atoms with E-state index in [9.17, 15) is 9.59 Å². The second-order valence-electron chi connectivity index (χ2n) is 4.11. The molecule has 0 aromatic heterocycles. The predicted octanol–water partition coefficient (Wildman–Crippen LogP) is 2.45. The van der Waals surface area contributed by atoms with Crippen LogP contribution in [0.5, 0.6) is 0 Å². The predicted molar refractivity (Wildman–Crippen MR) is 77.5 cm³/mol. The molecule has 0 aliphatic rings. The Hall–Kier alpha value is -1.62. The number of amides is 1. The van der Waals surface area contributed by atoms with Gasteiger partial charge in [-0.15, -0.1) is 0 Å². The number of benzene rings is 1. The van der Waals surface area contributed by atoms with E-state index in [0.29, 0.717) is 0 Å². The number of ether oxygens (including phenoxy) is 1. The molecule has 0 fully saturated rings. The summed E-state index contributed by atoms with van der Waals surface area (Å²) in [5.74, 6) is -0.816. The highest BCUT2D eigenvalue weighted by Gasteiger charge is 2.13. The molecule has 1 rings (SSSR count). The first-order chi connectivity index (χ1) is 8.93. The van der Waals surface area contributed by atoms with Crippen molar-refractivity contribution in [1.82, 2.24) is 5.32 Å². The van der Waals surface area contributed by atoms with E-state index in [4.69, 9.17) is 0 Å². The Kier molecular flexibility index (Phi) is 5.76. The number of aryl methyl sites for hydroxylation is 1. The number of hydrogen-bond donors (Lipinski definition) is 1. The fraction of sp³-hybridized carbons (Fsp3) is 0.286. The van der Waals surface area contributed by atoms with E-state index in [2.05, 4.69) is 26.0 Å². The Morgan fingerprint density at radius 3 is 2.68 bits per heavy atom. The van der Waals surface area contributed by atoms with Gasteiger partial charge in [0.05, 0.1) is 7.11 Å². The molecule has 0 bridgehead atoms. The number of carbonyl (C=O) groups is 2. The lowest BCUT2D eigenvalue weighted by Gasteiger charge is -2.09. The fourth-order valence-corrected chi connectivity index (χ4v) is 2.06.